The lowest BCUT2D eigenvalue weighted by Crippen LogP contribution is -2.18. The van der Waals surface area contributed by atoms with Gasteiger partial charge in [-0.2, -0.15) is 5.10 Å². The molecule has 0 amide bonds. The second-order valence-electron chi connectivity index (χ2n) is 10.8. The van der Waals surface area contributed by atoms with Crippen molar-refractivity contribution in [3.63, 3.8) is 0 Å². The number of rotatable bonds is 12. The molecule has 3 aromatic carbocycles. The molecule has 43 heavy (non-hydrogen) atoms. The van der Waals surface area contributed by atoms with Crippen molar-refractivity contribution in [1.82, 2.24) is 9.78 Å². The van der Waals surface area contributed by atoms with Gasteiger partial charge in [-0.3, -0.25) is 0 Å². The van der Waals surface area contributed by atoms with Gasteiger partial charge in [-0.15, -0.1) is 0 Å². The van der Waals surface area contributed by atoms with Gasteiger partial charge < -0.3 is 14.2 Å². The van der Waals surface area contributed by atoms with E-state index in [0.29, 0.717) is 13.2 Å². The fourth-order valence-corrected chi connectivity index (χ4v) is 5.62. The first-order valence-corrected chi connectivity index (χ1v) is 15.6. The van der Waals surface area contributed by atoms with Gasteiger partial charge in [0, 0.05) is 18.1 Å². The minimum atomic E-state index is -0.339. The summed E-state index contributed by atoms with van der Waals surface area (Å²) in [7, 11) is 0. The van der Waals surface area contributed by atoms with Crippen LogP contribution in [0, 0.1) is 0 Å². The molecule has 2 heterocycles. The number of aromatic nitrogens is 2. The summed E-state index contributed by atoms with van der Waals surface area (Å²) in [4.78, 5) is 11.8. The number of hydrogen-bond donors (Lipinski definition) is 0. The molecular weight excluding hydrogens is 536 g/mol. The average molecular weight is 579 g/mol. The van der Waals surface area contributed by atoms with E-state index in [1.54, 1.807) is 13.0 Å². The number of carbonyl (C=O) groups excluding carboxylic acids is 1. The van der Waals surface area contributed by atoms with E-state index in [0.717, 1.165) is 89.6 Å². The van der Waals surface area contributed by atoms with Crippen LogP contribution in [-0.2, 0) is 14.3 Å². The van der Waals surface area contributed by atoms with Crippen LogP contribution < -0.4 is 4.74 Å². The Morgan fingerprint density at radius 1 is 1.00 bits per heavy atom. The number of unbranched alkanes of at least 4 members (excludes halogenated alkanes) is 1. The quantitative estimate of drug-likeness (QED) is 0.0727. The molecule has 0 saturated carbocycles. The molecule has 1 aromatic heterocycles. The van der Waals surface area contributed by atoms with Gasteiger partial charge in [0.05, 0.1) is 24.9 Å². The van der Waals surface area contributed by atoms with E-state index < -0.39 is 0 Å². The maximum atomic E-state index is 11.8. The standard InChI is InChI=1S/C37H42N2O4/c1-4-7-22-42-32-12-10-11-29(25-32)33(5-2)37(28-17-14-27(15-18-28)16-21-36(40)41-6-3)30-19-20-34-31(24-30)26-38-39(34)35-13-8-9-23-43-35/h10-12,14-21,24-26,35H,4-9,13,22-23H2,1-3H3. The fourth-order valence-electron chi connectivity index (χ4n) is 5.62. The Balaban J connectivity index is 1.58. The second kappa shape index (κ2) is 14.8. The van der Waals surface area contributed by atoms with Crippen LogP contribution in [0.3, 0.4) is 0 Å². The zero-order valence-corrected chi connectivity index (χ0v) is 25.6. The van der Waals surface area contributed by atoms with E-state index in [2.05, 4.69) is 62.4 Å². The summed E-state index contributed by atoms with van der Waals surface area (Å²) in [5, 5.41) is 5.82. The van der Waals surface area contributed by atoms with Crippen molar-refractivity contribution in [2.45, 2.75) is 65.5 Å². The minimum absolute atomic E-state index is 0.0102. The molecule has 5 rings (SSSR count). The first-order valence-electron chi connectivity index (χ1n) is 15.6. The van der Waals surface area contributed by atoms with E-state index in [9.17, 15) is 4.79 Å². The normalized spacial score (nSPS) is 15.9. The largest absolute Gasteiger partial charge is 0.494 e. The van der Waals surface area contributed by atoms with Crippen molar-refractivity contribution in [1.29, 1.82) is 0 Å². The molecule has 0 N–H and O–H groups in total. The van der Waals surface area contributed by atoms with Gasteiger partial charge in [0.15, 0.2) is 6.23 Å². The fraction of sp³-hybridized carbons (Fsp3) is 0.351. The molecule has 0 radical (unpaired) electrons. The summed E-state index contributed by atoms with van der Waals surface area (Å²) < 4.78 is 19.2. The molecule has 1 saturated heterocycles. The topological polar surface area (TPSA) is 62.6 Å². The third kappa shape index (κ3) is 7.44. The highest BCUT2D eigenvalue weighted by Crippen LogP contribution is 2.37. The Bertz CT molecular complexity index is 1580. The van der Waals surface area contributed by atoms with Gasteiger partial charge in [-0.25, -0.2) is 9.48 Å². The zero-order chi connectivity index (χ0) is 30.0. The van der Waals surface area contributed by atoms with Crippen LogP contribution >= 0.6 is 0 Å². The molecule has 6 heteroatoms. The number of esters is 1. The predicted molar refractivity (Wildman–Crippen MR) is 174 cm³/mol. The van der Waals surface area contributed by atoms with E-state index in [-0.39, 0.29) is 12.2 Å². The molecule has 4 aromatic rings. The molecule has 0 bridgehead atoms. The Morgan fingerprint density at radius 2 is 1.84 bits per heavy atom. The summed E-state index contributed by atoms with van der Waals surface area (Å²) in [5.74, 6) is 0.550. The van der Waals surface area contributed by atoms with Crippen LogP contribution in [-0.4, -0.2) is 35.6 Å². The van der Waals surface area contributed by atoms with Crippen LogP contribution in [0.1, 0.15) is 87.8 Å². The summed E-state index contributed by atoms with van der Waals surface area (Å²) in [6.07, 6.45) is 11.4. The van der Waals surface area contributed by atoms with E-state index in [1.807, 2.05) is 29.1 Å². The maximum absolute atomic E-state index is 11.8. The molecule has 1 atom stereocenters. The monoisotopic (exact) mass is 578 g/mol. The Labute approximate surface area is 255 Å². The highest BCUT2D eigenvalue weighted by molar-refractivity contribution is 6.00. The van der Waals surface area contributed by atoms with Crippen LogP contribution in [0.5, 0.6) is 5.75 Å². The third-order valence-electron chi connectivity index (χ3n) is 7.81. The highest BCUT2D eigenvalue weighted by atomic mass is 16.5. The van der Waals surface area contributed by atoms with Gasteiger partial charge in [0.2, 0.25) is 0 Å². The smallest absolute Gasteiger partial charge is 0.330 e. The molecule has 6 nitrogen and oxygen atoms in total. The second-order valence-corrected chi connectivity index (χ2v) is 10.8. The molecule has 1 fully saturated rings. The molecule has 1 unspecified atom stereocenters. The Morgan fingerprint density at radius 3 is 2.58 bits per heavy atom. The number of fused-ring (bicyclic) bond motifs is 1. The van der Waals surface area contributed by atoms with Crippen molar-refractivity contribution in [2.75, 3.05) is 19.8 Å². The van der Waals surface area contributed by atoms with Crippen molar-refractivity contribution >= 4 is 34.1 Å². The van der Waals surface area contributed by atoms with Gasteiger partial charge in [0.1, 0.15) is 5.75 Å². The maximum Gasteiger partial charge on any atom is 0.330 e. The number of benzene rings is 3. The SMILES string of the molecule is CCCCOc1cccc(C(CC)=C(c2ccc(C=CC(=O)OCC)cc2)c2ccc3c(cnn3C3CCCCO3)c2)c1. The lowest BCUT2D eigenvalue weighted by molar-refractivity contribution is -0.137. The summed E-state index contributed by atoms with van der Waals surface area (Å²) in [6.45, 7) is 8.03. The first-order chi connectivity index (χ1) is 21.1. The van der Waals surface area contributed by atoms with Crippen LogP contribution in [0.2, 0.25) is 0 Å². The van der Waals surface area contributed by atoms with Gasteiger partial charge >= 0.3 is 5.97 Å². The lowest BCUT2D eigenvalue weighted by atomic mass is 9.87. The zero-order valence-electron chi connectivity index (χ0n) is 25.6. The van der Waals surface area contributed by atoms with Gasteiger partial charge in [-0.05, 0) is 103 Å². The lowest BCUT2D eigenvalue weighted by Gasteiger charge is -2.23. The average Bonchev–Trinajstić information content (AvgIpc) is 3.47. The number of allylic oxidation sites excluding steroid dienone is 1. The van der Waals surface area contributed by atoms with Crippen LogP contribution in [0.15, 0.2) is 79.0 Å². The first kappa shape index (κ1) is 30.3. The van der Waals surface area contributed by atoms with Crippen LogP contribution in [0.25, 0.3) is 28.1 Å². The molecule has 1 aliphatic heterocycles. The predicted octanol–water partition coefficient (Wildman–Crippen LogP) is 8.86. The van der Waals surface area contributed by atoms with Crippen molar-refractivity contribution < 1.29 is 19.0 Å². The van der Waals surface area contributed by atoms with Crippen molar-refractivity contribution in [2.24, 2.45) is 0 Å². The molecule has 224 valence electrons. The number of carbonyl (C=O) groups is 1. The van der Waals surface area contributed by atoms with Crippen LogP contribution in [0.4, 0.5) is 0 Å². The number of nitrogens with zero attached hydrogens (tertiary/aromatic N) is 2. The Kier molecular flexibility index (Phi) is 10.5. The Hall–Kier alpha value is -4.16. The minimum Gasteiger partial charge on any atom is -0.494 e. The third-order valence-corrected chi connectivity index (χ3v) is 7.81. The molecule has 1 aliphatic rings. The van der Waals surface area contributed by atoms with Crippen molar-refractivity contribution in [3.8, 4) is 5.75 Å². The summed E-state index contributed by atoms with van der Waals surface area (Å²) in [5.41, 5.74) is 7.79. The molecule has 0 spiro atoms. The number of hydrogen-bond acceptors (Lipinski definition) is 5. The van der Waals surface area contributed by atoms with E-state index in [4.69, 9.17) is 19.3 Å². The molecular formula is C37H42N2O4. The summed E-state index contributed by atoms with van der Waals surface area (Å²) in [6, 6.07) is 23.4. The number of ether oxygens (including phenoxy) is 3. The van der Waals surface area contributed by atoms with E-state index in [1.165, 1.54) is 11.6 Å². The molecule has 0 aliphatic carbocycles. The van der Waals surface area contributed by atoms with Gasteiger partial charge in [-0.1, -0.05) is 62.7 Å². The van der Waals surface area contributed by atoms with E-state index >= 15 is 0 Å². The summed E-state index contributed by atoms with van der Waals surface area (Å²) >= 11 is 0. The highest BCUT2D eigenvalue weighted by Gasteiger charge is 2.20. The van der Waals surface area contributed by atoms with Crippen molar-refractivity contribution in [3.05, 3.63) is 101 Å². The van der Waals surface area contributed by atoms with Gasteiger partial charge in [0.25, 0.3) is 0 Å².